The lowest BCUT2D eigenvalue weighted by Crippen LogP contribution is -2.32. The largest absolute Gasteiger partial charge is 0.451 e. The molecule has 7 heteroatoms. The highest BCUT2D eigenvalue weighted by atomic mass is 32.2. The first-order valence-corrected chi connectivity index (χ1v) is 10.0. The Hall–Kier alpha value is -1.86. The van der Waals surface area contributed by atoms with Gasteiger partial charge in [0.05, 0.1) is 4.90 Å². The Labute approximate surface area is 149 Å². The predicted octanol–water partition coefficient (Wildman–Crippen LogP) is 3.30. The molecular formula is C18H26N2O4S. The molecule has 0 aliphatic carbocycles. The molecule has 0 saturated heterocycles. The van der Waals surface area contributed by atoms with Crippen molar-refractivity contribution >= 4 is 26.9 Å². The highest BCUT2D eigenvalue weighted by molar-refractivity contribution is 7.89. The van der Waals surface area contributed by atoms with Crippen LogP contribution in [0.4, 0.5) is 0 Å². The van der Waals surface area contributed by atoms with E-state index >= 15 is 0 Å². The van der Waals surface area contributed by atoms with E-state index in [1.807, 2.05) is 13.8 Å². The number of aryl methyl sites for hydroxylation is 1. The predicted molar refractivity (Wildman–Crippen MR) is 98.3 cm³/mol. The van der Waals surface area contributed by atoms with Gasteiger partial charge in [-0.1, -0.05) is 20.8 Å². The van der Waals surface area contributed by atoms with Crippen LogP contribution in [0, 0.1) is 6.92 Å². The molecule has 25 heavy (non-hydrogen) atoms. The number of benzene rings is 1. The molecule has 6 nitrogen and oxygen atoms in total. The van der Waals surface area contributed by atoms with Crippen molar-refractivity contribution in [1.29, 1.82) is 0 Å². The zero-order valence-corrected chi connectivity index (χ0v) is 16.2. The Morgan fingerprint density at radius 1 is 1.24 bits per heavy atom. The summed E-state index contributed by atoms with van der Waals surface area (Å²) in [5.41, 5.74) is 1.15. The number of sulfonamides is 1. The molecule has 1 atom stereocenters. The van der Waals surface area contributed by atoms with E-state index in [9.17, 15) is 13.2 Å². The van der Waals surface area contributed by atoms with E-state index in [0.717, 1.165) is 6.42 Å². The third kappa shape index (κ3) is 3.72. The van der Waals surface area contributed by atoms with Crippen LogP contribution in [0.25, 0.3) is 11.0 Å². The lowest BCUT2D eigenvalue weighted by atomic mass is 10.1. The summed E-state index contributed by atoms with van der Waals surface area (Å²) in [6, 6.07) is 4.76. The van der Waals surface area contributed by atoms with E-state index in [4.69, 9.17) is 4.42 Å². The summed E-state index contributed by atoms with van der Waals surface area (Å²) < 4.78 is 32.5. The van der Waals surface area contributed by atoms with Crippen LogP contribution in [0.5, 0.6) is 0 Å². The number of hydrogen-bond acceptors (Lipinski definition) is 4. The van der Waals surface area contributed by atoms with E-state index in [0.29, 0.717) is 29.6 Å². The molecule has 1 amide bonds. The van der Waals surface area contributed by atoms with Crippen LogP contribution >= 0.6 is 0 Å². The summed E-state index contributed by atoms with van der Waals surface area (Å²) in [5, 5.41) is 3.51. The normalized spacial score (nSPS) is 13.4. The van der Waals surface area contributed by atoms with Gasteiger partial charge in [0, 0.05) is 30.1 Å². The molecule has 0 aliphatic rings. The minimum atomic E-state index is -3.55. The number of rotatable bonds is 7. The van der Waals surface area contributed by atoms with Crippen molar-refractivity contribution < 1.29 is 17.6 Å². The molecule has 1 aromatic carbocycles. The number of hydrogen-bond donors (Lipinski definition) is 1. The number of nitrogens with zero attached hydrogens (tertiary/aromatic N) is 1. The zero-order valence-electron chi connectivity index (χ0n) is 15.4. The summed E-state index contributed by atoms with van der Waals surface area (Å²) in [4.78, 5) is 12.6. The van der Waals surface area contributed by atoms with Gasteiger partial charge in [0.2, 0.25) is 10.0 Å². The van der Waals surface area contributed by atoms with Crippen molar-refractivity contribution in [3.05, 3.63) is 29.5 Å². The number of fused-ring (bicyclic) bond motifs is 1. The van der Waals surface area contributed by atoms with Crippen molar-refractivity contribution in [3.63, 3.8) is 0 Å². The SMILES string of the molecule is CC[C@H](C)NC(=O)c1oc2ccc(S(=O)(=O)N(CC)CC)cc2c1C. The topological polar surface area (TPSA) is 79.6 Å². The van der Waals surface area contributed by atoms with Crippen molar-refractivity contribution in [1.82, 2.24) is 9.62 Å². The number of amides is 1. The van der Waals surface area contributed by atoms with Crippen molar-refractivity contribution in [2.75, 3.05) is 13.1 Å². The number of carbonyl (C=O) groups is 1. The Morgan fingerprint density at radius 2 is 1.88 bits per heavy atom. The zero-order chi connectivity index (χ0) is 18.8. The van der Waals surface area contributed by atoms with Gasteiger partial charge in [-0.05, 0) is 38.5 Å². The van der Waals surface area contributed by atoms with Crippen molar-refractivity contribution in [2.24, 2.45) is 0 Å². The van der Waals surface area contributed by atoms with Crippen LogP contribution < -0.4 is 5.32 Å². The average molecular weight is 366 g/mol. The van der Waals surface area contributed by atoms with E-state index < -0.39 is 10.0 Å². The first-order valence-electron chi connectivity index (χ1n) is 8.60. The molecule has 0 fully saturated rings. The summed E-state index contributed by atoms with van der Waals surface area (Å²) in [5.74, 6) is -0.0520. The maximum Gasteiger partial charge on any atom is 0.287 e. The molecule has 138 valence electrons. The van der Waals surface area contributed by atoms with E-state index in [-0.39, 0.29) is 22.6 Å². The molecule has 1 heterocycles. The molecule has 1 aromatic heterocycles. The van der Waals surface area contributed by atoms with Gasteiger partial charge < -0.3 is 9.73 Å². The van der Waals surface area contributed by atoms with Crippen LogP contribution in [0.2, 0.25) is 0 Å². The van der Waals surface area contributed by atoms with Crippen molar-refractivity contribution in [3.8, 4) is 0 Å². The fourth-order valence-corrected chi connectivity index (χ4v) is 4.17. The first kappa shape index (κ1) is 19.5. The van der Waals surface area contributed by atoms with Crippen LogP contribution in [0.15, 0.2) is 27.5 Å². The molecule has 0 aliphatic heterocycles. The number of nitrogens with one attached hydrogen (secondary N) is 1. The smallest absolute Gasteiger partial charge is 0.287 e. The molecular weight excluding hydrogens is 340 g/mol. The van der Waals surface area contributed by atoms with E-state index in [1.165, 1.54) is 10.4 Å². The summed E-state index contributed by atoms with van der Waals surface area (Å²) in [6.45, 7) is 10.1. The monoisotopic (exact) mass is 366 g/mol. The third-order valence-electron chi connectivity index (χ3n) is 4.45. The lowest BCUT2D eigenvalue weighted by Gasteiger charge is -2.18. The van der Waals surface area contributed by atoms with Gasteiger partial charge in [0.1, 0.15) is 5.58 Å². The summed E-state index contributed by atoms with van der Waals surface area (Å²) >= 11 is 0. The van der Waals surface area contributed by atoms with Gasteiger partial charge in [-0.25, -0.2) is 8.42 Å². The molecule has 2 rings (SSSR count). The van der Waals surface area contributed by atoms with E-state index in [2.05, 4.69) is 5.32 Å². The van der Waals surface area contributed by atoms with Crippen LogP contribution in [-0.4, -0.2) is 37.8 Å². The minimum Gasteiger partial charge on any atom is -0.451 e. The Morgan fingerprint density at radius 3 is 2.44 bits per heavy atom. The maximum atomic E-state index is 12.7. The second-order valence-corrected chi connectivity index (χ2v) is 8.02. The fourth-order valence-electron chi connectivity index (χ4n) is 2.68. The third-order valence-corrected chi connectivity index (χ3v) is 6.49. The lowest BCUT2D eigenvalue weighted by molar-refractivity contribution is 0.0912. The second-order valence-electron chi connectivity index (χ2n) is 6.09. The Kier molecular flexibility index (Phi) is 5.90. The highest BCUT2D eigenvalue weighted by Gasteiger charge is 2.24. The van der Waals surface area contributed by atoms with Gasteiger partial charge in [-0.3, -0.25) is 4.79 Å². The van der Waals surface area contributed by atoms with Crippen LogP contribution in [-0.2, 0) is 10.0 Å². The van der Waals surface area contributed by atoms with Gasteiger partial charge in [-0.15, -0.1) is 0 Å². The number of furan rings is 1. The summed E-state index contributed by atoms with van der Waals surface area (Å²) in [7, 11) is -3.55. The van der Waals surface area contributed by atoms with Gasteiger partial charge >= 0.3 is 0 Å². The molecule has 0 saturated carbocycles. The fraction of sp³-hybridized carbons (Fsp3) is 0.500. The molecule has 0 radical (unpaired) electrons. The standard InChI is InChI=1S/C18H26N2O4S/c1-6-12(4)19-18(21)17-13(5)15-11-14(9-10-16(15)24-17)25(22,23)20(7-2)8-3/h9-12H,6-8H2,1-5H3,(H,19,21)/t12-/m0/s1. The van der Waals surface area contributed by atoms with Gasteiger partial charge in [0.25, 0.3) is 5.91 Å². The maximum absolute atomic E-state index is 12.7. The Balaban J connectivity index is 2.48. The number of carbonyl (C=O) groups excluding carboxylic acids is 1. The average Bonchev–Trinajstić information content (AvgIpc) is 2.92. The van der Waals surface area contributed by atoms with E-state index in [1.54, 1.807) is 32.9 Å². The second kappa shape index (κ2) is 7.58. The molecule has 0 bridgehead atoms. The molecule has 1 N–H and O–H groups in total. The van der Waals surface area contributed by atoms with Crippen LogP contribution in [0.3, 0.4) is 0 Å². The molecule has 0 unspecified atom stereocenters. The molecule has 0 spiro atoms. The first-order chi connectivity index (χ1) is 11.8. The minimum absolute atomic E-state index is 0.0405. The van der Waals surface area contributed by atoms with Crippen LogP contribution in [0.1, 0.15) is 50.2 Å². The van der Waals surface area contributed by atoms with Crippen molar-refractivity contribution in [2.45, 2.75) is 52.0 Å². The Bertz CT molecular complexity index is 867. The highest BCUT2D eigenvalue weighted by Crippen LogP contribution is 2.29. The quantitative estimate of drug-likeness (QED) is 0.815. The van der Waals surface area contributed by atoms with Gasteiger partial charge in [0.15, 0.2) is 5.76 Å². The summed E-state index contributed by atoms with van der Waals surface area (Å²) in [6.07, 6.45) is 0.817. The van der Waals surface area contributed by atoms with Gasteiger partial charge in [-0.2, -0.15) is 4.31 Å². The molecule has 2 aromatic rings.